The van der Waals surface area contributed by atoms with Crippen LogP contribution in [0, 0.1) is 52.3 Å². The molecule has 4 aliphatic carbocycles. The van der Waals surface area contributed by atoms with Gasteiger partial charge in [0.1, 0.15) is 0 Å². The van der Waals surface area contributed by atoms with Crippen molar-refractivity contribution < 1.29 is 14.6 Å². The fourth-order valence-electron chi connectivity index (χ4n) is 9.05. The van der Waals surface area contributed by atoms with Crippen molar-refractivity contribution in [3.05, 3.63) is 0 Å². The van der Waals surface area contributed by atoms with Gasteiger partial charge in [0.2, 0.25) is 0 Å². The van der Waals surface area contributed by atoms with Crippen molar-refractivity contribution in [3.8, 4) is 0 Å². The van der Waals surface area contributed by atoms with E-state index in [1.165, 1.54) is 52.1 Å². The third-order valence-electron chi connectivity index (χ3n) is 10.8. The van der Waals surface area contributed by atoms with Crippen LogP contribution in [0.4, 0.5) is 0 Å². The molecule has 0 amide bonds. The minimum absolute atomic E-state index is 0.0296. The van der Waals surface area contributed by atoms with E-state index in [1.807, 2.05) is 0 Å². The SMILES string of the molecule is COC(=O)CC[C@@H](C)C1CC[C@H]2[C@@H]3CC[C@@H]4C[C@H](C)CC[C@]4(C)[C@H]3C[C@H](O)[C@]12C. The fourth-order valence-corrected chi connectivity index (χ4v) is 9.05. The molecule has 1 unspecified atom stereocenters. The molecule has 0 aliphatic heterocycles. The molecule has 0 radical (unpaired) electrons. The second-order valence-corrected chi connectivity index (χ2v) is 11.9. The van der Waals surface area contributed by atoms with Crippen LogP contribution in [0.3, 0.4) is 0 Å². The lowest BCUT2D eigenvalue weighted by Crippen LogP contribution is -2.58. The van der Waals surface area contributed by atoms with Gasteiger partial charge in [0.15, 0.2) is 0 Å². The zero-order valence-corrected chi connectivity index (χ0v) is 19.5. The average molecular weight is 405 g/mol. The Labute approximate surface area is 178 Å². The molecular formula is C26H44O3. The van der Waals surface area contributed by atoms with Gasteiger partial charge in [-0.25, -0.2) is 0 Å². The number of fused-ring (bicyclic) bond motifs is 5. The molecule has 10 atom stereocenters. The van der Waals surface area contributed by atoms with Crippen molar-refractivity contribution in [2.45, 2.75) is 98.0 Å². The summed E-state index contributed by atoms with van der Waals surface area (Å²) in [5, 5.41) is 11.6. The number of rotatable bonds is 4. The Morgan fingerprint density at radius 1 is 1.10 bits per heavy atom. The van der Waals surface area contributed by atoms with E-state index < -0.39 is 0 Å². The number of ether oxygens (including phenoxy) is 1. The molecule has 4 aliphatic rings. The summed E-state index contributed by atoms with van der Waals surface area (Å²) < 4.78 is 4.87. The van der Waals surface area contributed by atoms with Gasteiger partial charge in [-0.05, 0) is 104 Å². The van der Waals surface area contributed by atoms with Gasteiger partial charge in [-0.3, -0.25) is 4.79 Å². The van der Waals surface area contributed by atoms with Gasteiger partial charge in [0, 0.05) is 6.42 Å². The first-order valence-electron chi connectivity index (χ1n) is 12.5. The number of esters is 1. The number of carbonyl (C=O) groups is 1. The van der Waals surface area contributed by atoms with Gasteiger partial charge in [-0.2, -0.15) is 0 Å². The van der Waals surface area contributed by atoms with E-state index in [1.54, 1.807) is 0 Å². The van der Waals surface area contributed by atoms with Crippen LogP contribution in [-0.4, -0.2) is 24.3 Å². The highest BCUT2D eigenvalue weighted by Gasteiger charge is 2.63. The fraction of sp³-hybridized carbons (Fsp3) is 0.962. The molecule has 0 saturated heterocycles. The third kappa shape index (κ3) is 3.38. The molecule has 0 heterocycles. The second kappa shape index (κ2) is 7.84. The smallest absolute Gasteiger partial charge is 0.305 e. The van der Waals surface area contributed by atoms with Gasteiger partial charge >= 0.3 is 5.97 Å². The molecule has 29 heavy (non-hydrogen) atoms. The molecule has 3 heteroatoms. The predicted octanol–water partition coefficient (Wildman–Crippen LogP) is 5.84. The molecule has 0 aromatic rings. The zero-order valence-electron chi connectivity index (χ0n) is 19.5. The van der Waals surface area contributed by atoms with Crippen LogP contribution >= 0.6 is 0 Å². The molecule has 4 fully saturated rings. The Balaban J connectivity index is 1.53. The summed E-state index contributed by atoms with van der Waals surface area (Å²) in [5.74, 6) is 4.84. The van der Waals surface area contributed by atoms with Gasteiger partial charge in [0.25, 0.3) is 0 Å². The van der Waals surface area contributed by atoms with E-state index in [4.69, 9.17) is 4.74 Å². The standard InChI is InChI=1S/C26H44O3/c1-16-12-13-25(3)18(14-16)7-8-19-21-10-9-20(17(2)6-11-24(28)29-5)26(21,4)23(27)15-22(19)25/h16-23,27H,6-15H2,1-5H3/t16-,17-,18-,19+,20?,21+,22+,23+,25+,26-/m1/s1. The first kappa shape index (κ1) is 21.7. The number of methoxy groups -OCH3 is 1. The number of carbonyl (C=O) groups excluding carboxylic acids is 1. The topological polar surface area (TPSA) is 46.5 Å². The van der Waals surface area contributed by atoms with Crippen molar-refractivity contribution in [2.75, 3.05) is 7.11 Å². The summed E-state index contributed by atoms with van der Waals surface area (Å²) >= 11 is 0. The van der Waals surface area contributed by atoms with Crippen LogP contribution in [0.15, 0.2) is 0 Å². The summed E-state index contributed by atoms with van der Waals surface area (Å²) in [6.07, 6.45) is 11.7. The zero-order chi connectivity index (χ0) is 21.0. The Morgan fingerprint density at radius 2 is 1.86 bits per heavy atom. The van der Waals surface area contributed by atoms with Crippen LogP contribution in [0.2, 0.25) is 0 Å². The largest absolute Gasteiger partial charge is 0.469 e. The van der Waals surface area contributed by atoms with Crippen molar-refractivity contribution in [3.63, 3.8) is 0 Å². The van der Waals surface area contributed by atoms with Crippen molar-refractivity contribution >= 4 is 5.97 Å². The highest BCUT2D eigenvalue weighted by molar-refractivity contribution is 5.69. The minimum atomic E-state index is -0.184. The average Bonchev–Trinajstić information content (AvgIpc) is 3.06. The van der Waals surface area contributed by atoms with Crippen LogP contribution in [0.25, 0.3) is 0 Å². The van der Waals surface area contributed by atoms with Gasteiger partial charge in [0.05, 0.1) is 13.2 Å². The Kier molecular flexibility index (Phi) is 5.86. The molecule has 0 aromatic carbocycles. The lowest BCUT2D eigenvalue weighted by atomic mass is 9.43. The molecular weight excluding hydrogens is 360 g/mol. The van der Waals surface area contributed by atoms with E-state index >= 15 is 0 Å². The summed E-state index contributed by atoms with van der Waals surface area (Å²) in [6, 6.07) is 0. The molecule has 3 nitrogen and oxygen atoms in total. The second-order valence-electron chi connectivity index (χ2n) is 11.9. The Morgan fingerprint density at radius 3 is 2.59 bits per heavy atom. The predicted molar refractivity (Wildman–Crippen MR) is 116 cm³/mol. The van der Waals surface area contributed by atoms with Crippen molar-refractivity contribution in [1.29, 1.82) is 0 Å². The monoisotopic (exact) mass is 404 g/mol. The van der Waals surface area contributed by atoms with Crippen molar-refractivity contribution in [1.82, 2.24) is 0 Å². The summed E-state index contributed by atoms with van der Waals surface area (Å²) in [5.41, 5.74) is 0.480. The highest BCUT2D eigenvalue weighted by Crippen LogP contribution is 2.68. The Hall–Kier alpha value is -0.570. The van der Waals surface area contributed by atoms with Crippen LogP contribution in [0.1, 0.15) is 91.9 Å². The Bertz CT molecular complexity index is 617. The maximum atomic E-state index is 11.7. The van der Waals surface area contributed by atoms with E-state index in [9.17, 15) is 9.90 Å². The van der Waals surface area contributed by atoms with E-state index in [0.717, 1.165) is 30.6 Å². The number of hydrogen-bond donors (Lipinski definition) is 1. The van der Waals surface area contributed by atoms with E-state index in [0.29, 0.717) is 35.5 Å². The first-order valence-corrected chi connectivity index (χ1v) is 12.5. The third-order valence-corrected chi connectivity index (χ3v) is 10.8. The van der Waals surface area contributed by atoms with Gasteiger partial charge < -0.3 is 9.84 Å². The maximum absolute atomic E-state index is 11.7. The molecule has 4 saturated carbocycles. The number of aliphatic hydroxyl groups is 1. The van der Waals surface area contributed by atoms with E-state index in [2.05, 4.69) is 27.7 Å². The normalized spacial score (nSPS) is 50.2. The molecule has 1 N–H and O–H groups in total. The molecule has 166 valence electrons. The van der Waals surface area contributed by atoms with Crippen LogP contribution in [-0.2, 0) is 9.53 Å². The van der Waals surface area contributed by atoms with Crippen LogP contribution in [0.5, 0.6) is 0 Å². The van der Waals surface area contributed by atoms with E-state index in [-0.39, 0.29) is 17.5 Å². The lowest BCUT2D eigenvalue weighted by molar-refractivity contribution is -0.171. The maximum Gasteiger partial charge on any atom is 0.305 e. The minimum Gasteiger partial charge on any atom is -0.469 e. The van der Waals surface area contributed by atoms with Crippen molar-refractivity contribution in [2.24, 2.45) is 52.3 Å². The summed E-state index contributed by atoms with van der Waals surface area (Å²) in [7, 11) is 1.48. The summed E-state index contributed by atoms with van der Waals surface area (Å²) in [4.78, 5) is 11.7. The highest BCUT2D eigenvalue weighted by atomic mass is 16.5. The number of hydrogen-bond acceptors (Lipinski definition) is 3. The molecule has 0 spiro atoms. The molecule has 0 bridgehead atoms. The van der Waals surface area contributed by atoms with Gasteiger partial charge in [-0.1, -0.05) is 34.1 Å². The molecule has 4 rings (SSSR count). The lowest BCUT2D eigenvalue weighted by Gasteiger charge is -2.62. The van der Waals surface area contributed by atoms with Gasteiger partial charge in [-0.15, -0.1) is 0 Å². The van der Waals surface area contributed by atoms with Crippen LogP contribution < -0.4 is 0 Å². The molecule has 0 aromatic heterocycles. The first-order chi connectivity index (χ1) is 13.7. The summed E-state index contributed by atoms with van der Waals surface area (Å²) in [6.45, 7) is 9.74. The quantitative estimate of drug-likeness (QED) is 0.599. The number of aliphatic hydroxyl groups excluding tert-OH is 1.